The summed E-state index contributed by atoms with van der Waals surface area (Å²) in [7, 11) is 4.02. The molecule has 0 amide bonds. The molecule has 1 aromatic heterocycles. The summed E-state index contributed by atoms with van der Waals surface area (Å²) in [6.07, 6.45) is 4.54. The number of aromatic carboxylic acids is 1. The number of hydrogen-bond acceptors (Lipinski definition) is 6. The summed E-state index contributed by atoms with van der Waals surface area (Å²) in [6, 6.07) is 15.6. The number of carboxylic acids is 1. The largest absolute Gasteiger partial charge is 0.478 e. The van der Waals surface area contributed by atoms with Crippen LogP contribution in [-0.4, -0.2) is 47.7 Å². The zero-order chi connectivity index (χ0) is 22.5. The van der Waals surface area contributed by atoms with Crippen LogP contribution in [0.5, 0.6) is 0 Å². The van der Waals surface area contributed by atoms with E-state index in [1.807, 2.05) is 49.3 Å². The molecule has 7 heteroatoms. The lowest BCUT2D eigenvalue weighted by atomic mass is 9.86. The number of hydrogen-bond donors (Lipinski definition) is 3. The molecule has 7 nitrogen and oxygen atoms in total. The Kier molecular flexibility index (Phi) is 6.85. The van der Waals surface area contributed by atoms with Gasteiger partial charge in [-0.2, -0.15) is 4.98 Å². The van der Waals surface area contributed by atoms with E-state index in [0.717, 1.165) is 61.1 Å². The third-order valence-corrected chi connectivity index (χ3v) is 6.15. The summed E-state index contributed by atoms with van der Waals surface area (Å²) in [4.78, 5) is 22.5. The van der Waals surface area contributed by atoms with Gasteiger partial charge < -0.3 is 20.6 Å². The number of aromatic nitrogens is 2. The molecule has 32 heavy (non-hydrogen) atoms. The van der Waals surface area contributed by atoms with Crippen molar-refractivity contribution in [3.63, 3.8) is 0 Å². The van der Waals surface area contributed by atoms with E-state index < -0.39 is 5.97 Å². The van der Waals surface area contributed by atoms with Gasteiger partial charge in [0.15, 0.2) is 0 Å². The minimum absolute atomic E-state index is 0.327. The number of nitrogens with zero attached hydrogens (tertiary/aromatic N) is 3. The molecule has 3 N–H and O–H groups in total. The number of carbonyl (C=O) groups is 1. The molecular weight excluding hydrogens is 402 g/mol. The van der Waals surface area contributed by atoms with Crippen molar-refractivity contribution >= 4 is 28.6 Å². The van der Waals surface area contributed by atoms with Crippen molar-refractivity contribution in [3.05, 3.63) is 59.7 Å². The SMILES string of the molecule is CN(C)c1nc(NC2CCC(CNCc3ccc(C(=O)O)cc3)CC2)nc2ccccc12. The molecule has 4 rings (SSSR count). The van der Waals surface area contributed by atoms with E-state index in [9.17, 15) is 4.79 Å². The molecule has 1 aliphatic carbocycles. The molecule has 2 aromatic carbocycles. The molecule has 0 spiro atoms. The average Bonchev–Trinajstić information content (AvgIpc) is 2.80. The molecule has 0 atom stereocenters. The Bertz CT molecular complexity index is 1060. The van der Waals surface area contributed by atoms with Crippen LogP contribution in [0.3, 0.4) is 0 Å². The number of benzene rings is 2. The van der Waals surface area contributed by atoms with Crippen LogP contribution in [0, 0.1) is 5.92 Å². The van der Waals surface area contributed by atoms with Gasteiger partial charge in [0.1, 0.15) is 5.82 Å². The first-order valence-corrected chi connectivity index (χ1v) is 11.2. The standard InChI is InChI=1S/C25H31N5O2/c1-30(2)23-21-5-3-4-6-22(21)28-25(29-23)27-20-13-9-18(10-14-20)16-26-15-17-7-11-19(12-8-17)24(31)32/h3-8,11-12,18,20,26H,9-10,13-16H2,1-2H3,(H,31,32)(H,27,28,29). The van der Waals surface area contributed by atoms with E-state index in [-0.39, 0.29) is 0 Å². The number of nitrogens with one attached hydrogen (secondary N) is 2. The maximum Gasteiger partial charge on any atom is 0.335 e. The molecule has 0 bridgehead atoms. The highest BCUT2D eigenvalue weighted by Gasteiger charge is 2.22. The number of anilines is 2. The molecule has 0 aliphatic heterocycles. The van der Waals surface area contributed by atoms with Gasteiger partial charge in [-0.1, -0.05) is 24.3 Å². The molecule has 0 saturated heterocycles. The van der Waals surface area contributed by atoms with E-state index in [4.69, 9.17) is 15.1 Å². The highest BCUT2D eigenvalue weighted by Crippen LogP contribution is 2.28. The molecule has 1 saturated carbocycles. The van der Waals surface area contributed by atoms with E-state index in [0.29, 0.717) is 23.5 Å². The lowest BCUT2D eigenvalue weighted by Crippen LogP contribution is -2.31. The van der Waals surface area contributed by atoms with E-state index in [1.165, 1.54) is 0 Å². The van der Waals surface area contributed by atoms with Crippen molar-refractivity contribution < 1.29 is 9.90 Å². The lowest BCUT2D eigenvalue weighted by Gasteiger charge is -2.29. The first-order chi connectivity index (χ1) is 15.5. The normalized spacial score (nSPS) is 18.4. The van der Waals surface area contributed by atoms with Crippen LogP contribution in [0.15, 0.2) is 48.5 Å². The Hall–Kier alpha value is -3.19. The number of carboxylic acid groups (broad SMARTS) is 1. The minimum atomic E-state index is -0.887. The predicted molar refractivity (Wildman–Crippen MR) is 128 cm³/mol. The van der Waals surface area contributed by atoms with Crippen LogP contribution in [0.4, 0.5) is 11.8 Å². The summed E-state index contributed by atoms with van der Waals surface area (Å²) in [5, 5.41) is 17.1. The van der Waals surface area contributed by atoms with Gasteiger partial charge in [-0.3, -0.25) is 0 Å². The summed E-state index contributed by atoms with van der Waals surface area (Å²) < 4.78 is 0. The Morgan fingerprint density at radius 3 is 2.44 bits per heavy atom. The molecular formula is C25H31N5O2. The van der Waals surface area contributed by atoms with Gasteiger partial charge >= 0.3 is 5.97 Å². The maximum atomic E-state index is 10.9. The Balaban J connectivity index is 1.26. The van der Waals surface area contributed by atoms with Crippen LogP contribution in [-0.2, 0) is 6.54 Å². The number of rotatable bonds is 8. The first-order valence-electron chi connectivity index (χ1n) is 11.2. The van der Waals surface area contributed by atoms with Crippen LogP contribution in [0.25, 0.3) is 10.9 Å². The fraction of sp³-hybridized carbons (Fsp3) is 0.400. The van der Waals surface area contributed by atoms with Gasteiger partial charge in [-0.05, 0) is 68.0 Å². The highest BCUT2D eigenvalue weighted by atomic mass is 16.4. The van der Waals surface area contributed by atoms with Crippen molar-refractivity contribution in [1.82, 2.24) is 15.3 Å². The fourth-order valence-electron chi connectivity index (χ4n) is 4.34. The predicted octanol–water partition coefficient (Wildman–Crippen LogP) is 4.15. The Morgan fingerprint density at radius 1 is 1.03 bits per heavy atom. The van der Waals surface area contributed by atoms with Gasteiger partial charge in [-0.25, -0.2) is 9.78 Å². The average molecular weight is 434 g/mol. The lowest BCUT2D eigenvalue weighted by molar-refractivity contribution is 0.0697. The number of para-hydroxylation sites is 1. The van der Waals surface area contributed by atoms with Crippen molar-refractivity contribution in [1.29, 1.82) is 0 Å². The van der Waals surface area contributed by atoms with Crippen molar-refractivity contribution in [2.45, 2.75) is 38.3 Å². The summed E-state index contributed by atoms with van der Waals surface area (Å²) in [5.74, 6) is 1.41. The fourth-order valence-corrected chi connectivity index (χ4v) is 4.34. The third-order valence-electron chi connectivity index (χ3n) is 6.15. The second-order valence-electron chi connectivity index (χ2n) is 8.78. The smallest absolute Gasteiger partial charge is 0.335 e. The molecule has 1 fully saturated rings. The topological polar surface area (TPSA) is 90.4 Å². The minimum Gasteiger partial charge on any atom is -0.478 e. The van der Waals surface area contributed by atoms with Gasteiger partial charge in [0, 0.05) is 32.1 Å². The van der Waals surface area contributed by atoms with Crippen LogP contribution in [0.2, 0.25) is 0 Å². The first kappa shape index (κ1) is 22.0. The van der Waals surface area contributed by atoms with Crippen LogP contribution < -0.4 is 15.5 Å². The highest BCUT2D eigenvalue weighted by molar-refractivity contribution is 5.90. The molecule has 0 radical (unpaired) electrons. The van der Waals surface area contributed by atoms with Gasteiger partial charge in [0.25, 0.3) is 0 Å². The molecule has 1 aliphatic rings. The van der Waals surface area contributed by atoms with E-state index >= 15 is 0 Å². The van der Waals surface area contributed by atoms with Crippen molar-refractivity contribution in [2.75, 3.05) is 30.9 Å². The molecule has 168 valence electrons. The van der Waals surface area contributed by atoms with Crippen molar-refractivity contribution in [3.8, 4) is 0 Å². The summed E-state index contributed by atoms with van der Waals surface area (Å²) in [6.45, 7) is 1.74. The maximum absolute atomic E-state index is 10.9. The molecule has 1 heterocycles. The molecule has 3 aromatic rings. The summed E-state index contributed by atoms with van der Waals surface area (Å²) in [5.41, 5.74) is 2.39. The Morgan fingerprint density at radius 2 is 1.75 bits per heavy atom. The Labute approximate surface area is 188 Å². The summed E-state index contributed by atoms with van der Waals surface area (Å²) >= 11 is 0. The van der Waals surface area contributed by atoms with Gasteiger partial charge in [-0.15, -0.1) is 0 Å². The van der Waals surface area contributed by atoms with E-state index in [1.54, 1.807) is 12.1 Å². The number of fused-ring (bicyclic) bond motifs is 1. The van der Waals surface area contributed by atoms with E-state index in [2.05, 4.69) is 16.7 Å². The van der Waals surface area contributed by atoms with Crippen LogP contribution >= 0.6 is 0 Å². The molecule has 0 unspecified atom stereocenters. The second kappa shape index (κ2) is 9.96. The zero-order valence-electron chi connectivity index (χ0n) is 18.7. The third kappa shape index (κ3) is 5.34. The van der Waals surface area contributed by atoms with Gasteiger partial charge in [0.05, 0.1) is 11.1 Å². The second-order valence-corrected chi connectivity index (χ2v) is 8.78. The van der Waals surface area contributed by atoms with Crippen LogP contribution in [0.1, 0.15) is 41.6 Å². The quantitative estimate of drug-likeness (QED) is 0.491. The monoisotopic (exact) mass is 433 g/mol. The van der Waals surface area contributed by atoms with Crippen molar-refractivity contribution in [2.24, 2.45) is 5.92 Å². The zero-order valence-corrected chi connectivity index (χ0v) is 18.7. The van der Waals surface area contributed by atoms with Gasteiger partial charge in [0.2, 0.25) is 5.95 Å².